The molecule has 2 amide bonds. The summed E-state index contributed by atoms with van der Waals surface area (Å²) in [6.07, 6.45) is 1.38. The smallest absolute Gasteiger partial charge is 0.320 e. The Kier molecular flexibility index (Phi) is 3.81. The molecule has 1 aliphatic carbocycles. The Morgan fingerprint density at radius 2 is 2.24 bits per heavy atom. The van der Waals surface area contributed by atoms with E-state index >= 15 is 0 Å². The number of benzene rings is 1. The van der Waals surface area contributed by atoms with Crippen molar-refractivity contribution in [1.82, 2.24) is 10.3 Å². The fourth-order valence-corrected chi connectivity index (χ4v) is 3.66. The van der Waals surface area contributed by atoms with Crippen LogP contribution in [-0.4, -0.2) is 23.7 Å². The molecule has 1 fully saturated rings. The van der Waals surface area contributed by atoms with E-state index in [-0.39, 0.29) is 23.7 Å². The van der Waals surface area contributed by atoms with E-state index in [0.29, 0.717) is 33.8 Å². The van der Waals surface area contributed by atoms with Crippen LogP contribution in [0.3, 0.4) is 0 Å². The number of nitrogens with zero attached hydrogens (tertiary/aromatic N) is 2. The van der Waals surface area contributed by atoms with Crippen LogP contribution in [0.4, 0.5) is 15.0 Å². The fraction of sp³-hybridized carbons (Fsp3) is 0.235. The van der Waals surface area contributed by atoms with Crippen molar-refractivity contribution in [2.75, 3.05) is 11.9 Å². The lowest BCUT2D eigenvalue weighted by molar-refractivity contribution is 0.249. The van der Waals surface area contributed by atoms with Gasteiger partial charge in [0.05, 0.1) is 16.6 Å². The predicted octanol–water partition coefficient (Wildman–Crippen LogP) is 3.15. The maximum absolute atomic E-state index is 14.2. The first-order valence-electron chi connectivity index (χ1n) is 7.63. The minimum atomic E-state index is -0.423. The number of fused-ring (bicyclic) bond motifs is 3. The fourth-order valence-electron chi connectivity index (χ4n) is 3.20. The number of rotatable bonds is 2. The number of urea groups is 1. The molecule has 126 valence electrons. The normalized spacial score (nSPS) is 22.7. The number of pyridine rings is 1. The lowest BCUT2D eigenvalue weighted by Crippen LogP contribution is -2.32. The lowest BCUT2D eigenvalue weighted by atomic mass is 10.1. The van der Waals surface area contributed by atoms with Gasteiger partial charge in [0.15, 0.2) is 0 Å². The Morgan fingerprint density at radius 3 is 2.96 bits per heavy atom. The Hall–Kier alpha value is -2.66. The van der Waals surface area contributed by atoms with Crippen molar-refractivity contribution in [3.05, 3.63) is 51.9 Å². The average Bonchev–Trinajstić information content (AvgIpc) is 3.31. The highest BCUT2D eigenvalue weighted by molar-refractivity contribution is 9.10. The Morgan fingerprint density at radius 1 is 1.40 bits per heavy atom. The van der Waals surface area contributed by atoms with E-state index in [4.69, 9.17) is 10.00 Å². The zero-order valence-electron chi connectivity index (χ0n) is 12.8. The van der Waals surface area contributed by atoms with Gasteiger partial charge in [-0.1, -0.05) is 0 Å². The minimum Gasteiger partial charge on any atom is -0.492 e. The number of carbonyl (C=O) groups is 1. The van der Waals surface area contributed by atoms with Crippen LogP contribution in [0.15, 0.2) is 34.9 Å². The van der Waals surface area contributed by atoms with Crippen molar-refractivity contribution < 1.29 is 13.9 Å². The summed E-state index contributed by atoms with van der Waals surface area (Å²) in [6.45, 7) is 0.430. The summed E-state index contributed by atoms with van der Waals surface area (Å²) in [6, 6.07) is 7.47. The van der Waals surface area contributed by atoms with Gasteiger partial charge >= 0.3 is 6.03 Å². The molecule has 4 rings (SSSR count). The molecule has 1 saturated carbocycles. The second kappa shape index (κ2) is 6.01. The van der Waals surface area contributed by atoms with Crippen molar-refractivity contribution in [3.63, 3.8) is 0 Å². The van der Waals surface area contributed by atoms with Crippen LogP contribution in [0, 0.1) is 23.1 Å². The summed E-state index contributed by atoms with van der Waals surface area (Å²) in [7, 11) is 0. The third-order valence-electron chi connectivity index (χ3n) is 4.45. The van der Waals surface area contributed by atoms with Crippen molar-refractivity contribution in [2.24, 2.45) is 5.92 Å². The third-order valence-corrected chi connectivity index (χ3v) is 5.07. The monoisotopic (exact) mass is 402 g/mol. The second-order valence-electron chi connectivity index (χ2n) is 5.94. The standard InChI is InChI=1S/C17H12BrFN4O2/c18-10-2-3-11(19)14-13-9(7-25-16(10)14)15(13)23-17(24)22-12-4-1-8(5-20)6-21-12/h1-4,6,9,13,15H,7H2,(H2,21,22,23,24). The second-order valence-corrected chi connectivity index (χ2v) is 6.80. The number of halogens is 2. The van der Waals surface area contributed by atoms with Gasteiger partial charge in [0.25, 0.3) is 0 Å². The number of aromatic nitrogens is 1. The summed E-state index contributed by atoms with van der Waals surface area (Å²) < 4.78 is 20.5. The molecule has 1 aromatic carbocycles. The van der Waals surface area contributed by atoms with Gasteiger partial charge < -0.3 is 10.1 Å². The van der Waals surface area contributed by atoms with Crippen LogP contribution in [0.25, 0.3) is 0 Å². The van der Waals surface area contributed by atoms with Gasteiger partial charge in [-0.3, -0.25) is 5.32 Å². The highest BCUT2D eigenvalue weighted by Crippen LogP contribution is 2.56. The first-order valence-corrected chi connectivity index (χ1v) is 8.42. The maximum Gasteiger partial charge on any atom is 0.320 e. The summed E-state index contributed by atoms with van der Waals surface area (Å²) in [5.74, 6) is 0.480. The number of hydrogen-bond donors (Lipinski definition) is 2. The molecule has 3 atom stereocenters. The molecule has 0 radical (unpaired) electrons. The largest absolute Gasteiger partial charge is 0.492 e. The molecule has 2 heterocycles. The molecule has 25 heavy (non-hydrogen) atoms. The van der Waals surface area contributed by atoms with E-state index in [0.717, 1.165) is 0 Å². The molecule has 1 aromatic heterocycles. The molecule has 0 saturated heterocycles. The van der Waals surface area contributed by atoms with Crippen molar-refractivity contribution in [3.8, 4) is 11.8 Å². The van der Waals surface area contributed by atoms with Crippen LogP contribution in [-0.2, 0) is 0 Å². The number of ether oxygens (including phenoxy) is 1. The van der Waals surface area contributed by atoms with Crippen LogP contribution in [0.2, 0.25) is 0 Å². The Balaban J connectivity index is 1.45. The molecule has 0 spiro atoms. The molecule has 2 aromatic rings. The number of anilines is 1. The van der Waals surface area contributed by atoms with E-state index in [1.807, 2.05) is 6.07 Å². The van der Waals surface area contributed by atoms with E-state index in [1.165, 1.54) is 12.3 Å². The Labute approximate surface area is 151 Å². The van der Waals surface area contributed by atoms with Crippen molar-refractivity contribution >= 4 is 27.8 Å². The highest BCUT2D eigenvalue weighted by atomic mass is 79.9. The van der Waals surface area contributed by atoms with Gasteiger partial charge in [-0.25, -0.2) is 14.2 Å². The van der Waals surface area contributed by atoms with Gasteiger partial charge in [-0.15, -0.1) is 0 Å². The molecule has 2 aliphatic rings. The number of nitriles is 1. The van der Waals surface area contributed by atoms with Gasteiger partial charge in [0, 0.05) is 29.6 Å². The number of carbonyl (C=O) groups excluding carboxylic acids is 1. The van der Waals surface area contributed by atoms with E-state index in [1.54, 1.807) is 18.2 Å². The number of nitrogens with one attached hydrogen (secondary N) is 2. The van der Waals surface area contributed by atoms with Gasteiger partial charge in [0.1, 0.15) is 23.5 Å². The molecule has 6 nitrogen and oxygen atoms in total. The van der Waals surface area contributed by atoms with Gasteiger partial charge in [-0.2, -0.15) is 5.26 Å². The summed E-state index contributed by atoms with van der Waals surface area (Å²) in [5, 5.41) is 14.2. The van der Waals surface area contributed by atoms with Crippen LogP contribution in [0.1, 0.15) is 17.0 Å². The van der Waals surface area contributed by atoms with Crippen LogP contribution < -0.4 is 15.4 Å². The molecule has 1 aliphatic heterocycles. The van der Waals surface area contributed by atoms with Gasteiger partial charge in [-0.05, 0) is 40.2 Å². The molecular formula is C17H12BrFN4O2. The molecule has 0 bridgehead atoms. The zero-order valence-corrected chi connectivity index (χ0v) is 14.4. The van der Waals surface area contributed by atoms with Crippen molar-refractivity contribution in [1.29, 1.82) is 5.26 Å². The molecular weight excluding hydrogens is 391 g/mol. The molecule has 3 unspecified atom stereocenters. The maximum atomic E-state index is 14.2. The summed E-state index contributed by atoms with van der Waals surface area (Å²) in [5.41, 5.74) is 0.918. The minimum absolute atomic E-state index is 0.0518. The number of hydrogen-bond acceptors (Lipinski definition) is 4. The van der Waals surface area contributed by atoms with Gasteiger partial charge in [0.2, 0.25) is 0 Å². The number of amides is 2. The van der Waals surface area contributed by atoms with E-state index < -0.39 is 6.03 Å². The topological polar surface area (TPSA) is 87.0 Å². The average molecular weight is 403 g/mol. The summed E-state index contributed by atoms with van der Waals surface area (Å²) >= 11 is 3.37. The first kappa shape index (κ1) is 15.8. The third kappa shape index (κ3) is 2.81. The zero-order chi connectivity index (χ0) is 17.6. The Bertz CT molecular complexity index is 897. The first-order chi connectivity index (χ1) is 12.1. The van der Waals surface area contributed by atoms with E-state index in [9.17, 15) is 9.18 Å². The SMILES string of the molecule is N#Cc1ccc(NC(=O)NC2C3COc4c(Br)ccc(F)c4C32)nc1. The van der Waals surface area contributed by atoms with Crippen LogP contribution in [0.5, 0.6) is 5.75 Å². The van der Waals surface area contributed by atoms with Crippen molar-refractivity contribution in [2.45, 2.75) is 12.0 Å². The quantitative estimate of drug-likeness (QED) is 0.807. The molecule has 2 N–H and O–H groups in total. The lowest BCUT2D eigenvalue weighted by Gasteiger charge is -2.17. The summed E-state index contributed by atoms with van der Waals surface area (Å²) in [4.78, 5) is 16.1. The van der Waals surface area contributed by atoms with Crippen LogP contribution >= 0.6 is 15.9 Å². The molecule has 8 heteroatoms. The predicted molar refractivity (Wildman–Crippen MR) is 90.7 cm³/mol. The highest BCUT2D eigenvalue weighted by Gasteiger charge is 2.57. The van der Waals surface area contributed by atoms with E-state index in [2.05, 4.69) is 31.5 Å².